The van der Waals surface area contributed by atoms with Gasteiger partial charge in [-0.15, -0.1) is 0 Å². The number of ether oxygens (including phenoxy) is 3. The topological polar surface area (TPSA) is 109 Å². The maximum absolute atomic E-state index is 10.7. The van der Waals surface area contributed by atoms with E-state index in [2.05, 4.69) is 53.3 Å². The number of aliphatic hydroxyl groups is 1. The van der Waals surface area contributed by atoms with E-state index in [1.165, 1.54) is 0 Å². The molecular weight excluding hydrogens is 701 g/mol. The SMILES string of the molecule is COc1cc(Oc2cc(Oc3cc(CO)c4c5ccccc5n(-c5ccccn5)c4c3)cc(-c3ncccn3)c2)cc2c1c1ccccc1n2-c1ccccn1. The summed E-state index contributed by atoms with van der Waals surface area (Å²) in [7, 11) is 1.66. The van der Waals surface area contributed by atoms with Crippen LogP contribution < -0.4 is 14.2 Å². The highest BCUT2D eigenvalue weighted by Gasteiger charge is 2.21. The van der Waals surface area contributed by atoms with Crippen LogP contribution in [0.25, 0.3) is 66.6 Å². The lowest BCUT2D eigenvalue weighted by Gasteiger charge is -2.15. The van der Waals surface area contributed by atoms with Gasteiger partial charge in [0.05, 0.1) is 41.2 Å². The number of nitrogens with zero attached hydrogens (tertiary/aromatic N) is 6. The summed E-state index contributed by atoms with van der Waals surface area (Å²) in [6.45, 7) is -0.185. The largest absolute Gasteiger partial charge is 0.496 e. The van der Waals surface area contributed by atoms with E-state index in [1.807, 2.05) is 103 Å². The van der Waals surface area contributed by atoms with Gasteiger partial charge in [0.1, 0.15) is 40.4 Å². The summed E-state index contributed by atoms with van der Waals surface area (Å²) in [5.74, 6) is 4.77. The van der Waals surface area contributed by atoms with Crippen molar-refractivity contribution < 1.29 is 19.3 Å². The molecule has 0 fully saturated rings. The Morgan fingerprint density at radius 2 is 1.02 bits per heavy atom. The number of hydrogen-bond acceptors (Lipinski definition) is 8. The molecule has 1 N–H and O–H groups in total. The predicted octanol–water partition coefficient (Wildman–Crippen LogP) is 10.2. The second-order valence-corrected chi connectivity index (χ2v) is 13.2. The van der Waals surface area contributed by atoms with Gasteiger partial charge in [-0.25, -0.2) is 19.9 Å². The fourth-order valence-electron chi connectivity index (χ4n) is 7.60. The van der Waals surface area contributed by atoms with E-state index in [9.17, 15) is 5.11 Å². The maximum atomic E-state index is 10.7. The zero-order valence-electron chi connectivity index (χ0n) is 30.1. The third kappa shape index (κ3) is 5.64. The number of rotatable bonds is 9. The maximum Gasteiger partial charge on any atom is 0.159 e. The predicted molar refractivity (Wildman–Crippen MR) is 217 cm³/mol. The summed E-state index contributed by atoms with van der Waals surface area (Å²) < 4.78 is 23.6. The number of aliphatic hydroxyl groups excluding tert-OH is 1. The first-order valence-electron chi connectivity index (χ1n) is 18.1. The molecule has 0 atom stereocenters. The standard InChI is InChI=1S/C46H32N6O4/c1-54-41-27-34(26-40-45(41)36-12-3-5-14-38(36)52(40)43-16-7-9-18-48-43)56-32-22-29(46-49-19-10-20-50-46)21-31(24-32)55-33-23-30(28-53)44-35-11-2-4-13-37(35)51(39(44)25-33)42-15-6-8-17-47-42/h2-27,53H,28H2,1H3. The number of fused-ring (bicyclic) bond motifs is 6. The Kier molecular flexibility index (Phi) is 8.08. The van der Waals surface area contributed by atoms with Crippen molar-refractivity contribution in [1.82, 2.24) is 29.1 Å². The summed E-state index contributed by atoms with van der Waals surface area (Å²) in [6, 6.07) is 43.1. The summed E-state index contributed by atoms with van der Waals surface area (Å²) in [6.07, 6.45) is 6.95. The third-order valence-corrected chi connectivity index (χ3v) is 9.86. The summed E-state index contributed by atoms with van der Waals surface area (Å²) in [5.41, 5.74) is 5.13. The van der Waals surface area contributed by atoms with Crippen LogP contribution in [0, 0.1) is 0 Å². The molecule has 270 valence electrons. The molecule has 5 aromatic carbocycles. The van der Waals surface area contributed by atoms with Crippen LogP contribution in [-0.4, -0.2) is 41.3 Å². The van der Waals surface area contributed by atoms with Gasteiger partial charge in [-0.05, 0) is 66.2 Å². The fourth-order valence-corrected chi connectivity index (χ4v) is 7.60. The Bertz CT molecular complexity index is 2870. The van der Waals surface area contributed by atoms with Crippen LogP contribution in [-0.2, 0) is 6.61 Å². The smallest absolute Gasteiger partial charge is 0.159 e. The van der Waals surface area contributed by atoms with Crippen molar-refractivity contribution in [3.05, 3.63) is 164 Å². The van der Waals surface area contributed by atoms with Crippen molar-refractivity contribution in [3.63, 3.8) is 0 Å². The molecule has 5 aromatic heterocycles. The van der Waals surface area contributed by atoms with Crippen LogP contribution in [0.4, 0.5) is 0 Å². The van der Waals surface area contributed by atoms with Gasteiger partial charge >= 0.3 is 0 Å². The van der Waals surface area contributed by atoms with Gasteiger partial charge in [0.2, 0.25) is 0 Å². The normalized spacial score (nSPS) is 11.5. The summed E-state index contributed by atoms with van der Waals surface area (Å²) in [4.78, 5) is 18.4. The molecule has 10 nitrogen and oxygen atoms in total. The van der Waals surface area contributed by atoms with E-state index < -0.39 is 0 Å². The second-order valence-electron chi connectivity index (χ2n) is 13.2. The average molecular weight is 733 g/mol. The minimum atomic E-state index is -0.185. The quantitative estimate of drug-likeness (QED) is 0.156. The molecule has 56 heavy (non-hydrogen) atoms. The number of aromatic nitrogens is 6. The van der Waals surface area contributed by atoms with Gasteiger partial charge in [-0.2, -0.15) is 0 Å². The molecule has 0 saturated heterocycles. The Morgan fingerprint density at radius 1 is 0.500 bits per heavy atom. The summed E-state index contributed by atoms with van der Waals surface area (Å²) in [5, 5.41) is 14.6. The van der Waals surface area contributed by atoms with Gasteiger partial charge in [-0.1, -0.05) is 48.5 Å². The third-order valence-electron chi connectivity index (χ3n) is 9.86. The van der Waals surface area contributed by atoms with Gasteiger partial charge in [0.25, 0.3) is 0 Å². The van der Waals surface area contributed by atoms with Gasteiger partial charge in [0.15, 0.2) is 5.82 Å². The van der Waals surface area contributed by atoms with Gasteiger partial charge in [0, 0.05) is 70.8 Å². The molecule has 0 aliphatic heterocycles. The Labute approximate surface area is 320 Å². The van der Waals surface area contributed by atoms with Crippen LogP contribution in [0.5, 0.6) is 28.7 Å². The molecule has 10 aromatic rings. The van der Waals surface area contributed by atoms with Gasteiger partial charge in [-0.3, -0.25) is 9.13 Å². The highest BCUT2D eigenvalue weighted by molar-refractivity contribution is 6.13. The lowest BCUT2D eigenvalue weighted by molar-refractivity contribution is 0.283. The van der Waals surface area contributed by atoms with E-state index in [4.69, 9.17) is 14.2 Å². The molecule has 0 amide bonds. The van der Waals surface area contributed by atoms with Crippen molar-refractivity contribution in [2.75, 3.05) is 7.11 Å². The molecule has 0 bridgehead atoms. The first-order valence-corrected chi connectivity index (χ1v) is 18.1. The van der Waals surface area contributed by atoms with Crippen molar-refractivity contribution in [2.45, 2.75) is 6.61 Å². The zero-order chi connectivity index (χ0) is 37.6. The number of hydrogen-bond donors (Lipinski definition) is 1. The average Bonchev–Trinajstić information content (AvgIpc) is 3.77. The lowest BCUT2D eigenvalue weighted by Crippen LogP contribution is -1.98. The number of methoxy groups -OCH3 is 1. The van der Waals surface area contributed by atoms with Crippen LogP contribution in [0.3, 0.4) is 0 Å². The molecular formula is C46H32N6O4. The molecule has 0 aliphatic rings. The van der Waals surface area contributed by atoms with Crippen molar-refractivity contribution in [1.29, 1.82) is 0 Å². The fraction of sp³-hybridized carbons (Fsp3) is 0.0435. The lowest BCUT2D eigenvalue weighted by atomic mass is 10.1. The molecule has 0 aliphatic carbocycles. The van der Waals surface area contributed by atoms with Crippen molar-refractivity contribution in [2.24, 2.45) is 0 Å². The van der Waals surface area contributed by atoms with Crippen LogP contribution in [0.1, 0.15) is 5.56 Å². The Morgan fingerprint density at radius 3 is 1.59 bits per heavy atom. The Hall–Kier alpha value is -7.56. The number of pyridine rings is 2. The van der Waals surface area contributed by atoms with E-state index >= 15 is 0 Å². The first-order chi connectivity index (χ1) is 27.7. The number of benzene rings is 5. The van der Waals surface area contributed by atoms with E-state index in [1.54, 1.807) is 38.0 Å². The van der Waals surface area contributed by atoms with Crippen molar-refractivity contribution >= 4 is 43.6 Å². The van der Waals surface area contributed by atoms with Crippen LogP contribution in [0.15, 0.2) is 158 Å². The highest BCUT2D eigenvalue weighted by atomic mass is 16.5. The molecule has 10 heteroatoms. The van der Waals surface area contributed by atoms with E-state index in [0.717, 1.165) is 60.8 Å². The summed E-state index contributed by atoms with van der Waals surface area (Å²) >= 11 is 0. The van der Waals surface area contributed by atoms with Gasteiger partial charge < -0.3 is 19.3 Å². The van der Waals surface area contributed by atoms with E-state index in [-0.39, 0.29) is 6.61 Å². The zero-order valence-corrected chi connectivity index (χ0v) is 30.1. The molecule has 0 unspecified atom stereocenters. The molecule has 5 heterocycles. The van der Waals surface area contributed by atoms with E-state index in [0.29, 0.717) is 40.1 Å². The molecule has 0 spiro atoms. The molecule has 0 saturated carbocycles. The first kappa shape index (κ1) is 33.0. The minimum absolute atomic E-state index is 0.185. The molecule has 10 rings (SSSR count). The van der Waals surface area contributed by atoms with Crippen LogP contribution in [0.2, 0.25) is 0 Å². The monoisotopic (exact) mass is 732 g/mol. The highest BCUT2D eigenvalue weighted by Crippen LogP contribution is 2.43. The second kappa shape index (κ2) is 13.7. The van der Waals surface area contributed by atoms with Crippen LogP contribution >= 0.6 is 0 Å². The molecule has 0 radical (unpaired) electrons. The van der Waals surface area contributed by atoms with Crippen molar-refractivity contribution in [3.8, 4) is 51.8 Å². The Balaban J connectivity index is 1.11. The minimum Gasteiger partial charge on any atom is -0.496 e. The number of para-hydroxylation sites is 2.